The second kappa shape index (κ2) is 8.53. The van der Waals surface area contributed by atoms with Crippen LogP contribution in [0, 0.1) is 5.82 Å². The van der Waals surface area contributed by atoms with Crippen LogP contribution in [-0.2, 0) is 9.53 Å². The average molecular weight is 283 g/mol. The fraction of sp³-hybridized carbons (Fsp3) is 0.533. The van der Waals surface area contributed by atoms with Gasteiger partial charge in [-0.05, 0) is 51.5 Å². The number of hydrogen-bond donors (Lipinski definition) is 1. The predicted octanol–water partition coefficient (Wildman–Crippen LogP) is 2.52. The zero-order valence-corrected chi connectivity index (χ0v) is 12.2. The molecular formula is C15H22FNO3. The Hall–Kier alpha value is -1.62. The smallest absolute Gasteiger partial charge is 0.260 e. The molecule has 0 unspecified atom stereocenters. The summed E-state index contributed by atoms with van der Waals surface area (Å²) in [5, 5.41) is 2.77. The fourth-order valence-corrected chi connectivity index (χ4v) is 1.52. The van der Waals surface area contributed by atoms with Crippen molar-refractivity contribution in [3.8, 4) is 5.75 Å². The van der Waals surface area contributed by atoms with E-state index in [9.17, 15) is 9.18 Å². The van der Waals surface area contributed by atoms with E-state index in [4.69, 9.17) is 9.47 Å². The number of rotatable bonds is 8. The summed E-state index contributed by atoms with van der Waals surface area (Å²) in [4.78, 5) is 11.8. The number of benzene rings is 1. The number of nitrogens with one attached hydrogen (secondary N) is 1. The van der Waals surface area contributed by atoms with E-state index in [2.05, 4.69) is 5.32 Å². The van der Waals surface area contributed by atoms with Gasteiger partial charge in [-0.2, -0.15) is 0 Å². The Morgan fingerprint density at radius 3 is 2.50 bits per heavy atom. The molecule has 0 heterocycles. The Morgan fingerprint density at radius 1 is 1.25 bits per heavy atom. The van der Waals surface area contributed by atoms with E-state index in [1.807, 2.05) is 13.8 Å². The Labute approximate surface area is 119 Å². The molecule has 5 heteroatoms. The molecule has 1 aromatic carbocycles. The lowest BCUT2D eigenvalue weighted by Crippen LogP contribution is -2.37. The summed E-state index contributed by atoms with van der Waals surface area (Å²) < 4.78 is 23.5. The molecule has 1 rings (SSSR count). The summed E-state index contributed by atoms with van der Waals surface area (Å²) in [6.45, 7) is 6.76. The third-order valence-corrected chi connectivity index (χ3v) is 2.57. The molecule has 112 valence electrons. The summed E-state index contributed by atoms with van der Waals surface area (Å²) in [5.74, 6) is -0.0596. The van der Waals surface area contributed by atoms with Gasteiger partial charge in [-0.3, -0.25) is 4.79 Å². The van der Waals surface area contributed by atoms with E-state index < -0.39 is 6.10 Å². The van der Waals surface area contributed by atoms with Crippen LogP contribution >= 0.6 is 0 Å². The van der Waals surface area contributed by atoms with Crippen molar-refractivity contribution < 1.29 is 18.7 Å². The Bertz CT molecular complexity index is 406. The van der Waals surface area contributed by atoms with Crippen LogP contribution in [0.5, 0.6) is 5.75 Å². The van der Waals surface area contributed by atoms with Gasteiger partial charge in [-0.25, -0.2) is 4.39 Å². The monoisotopic (exact) mass is 283 g/mol. The second-order valence-electron chi connectivity index (χ2n) is 4.78. The topological polar surface area (TPSA) is 47.6 Å². The number of halogens is 1. The summed E-state index contributed by atoms with van der Waals surface area (Å²) in [5.41, 5.74) is 0. The van der Waals surface area contributed by atoms with Gasteiger partial charge in [0.05, 0.1) is 6.10 Å². The molecule has 0 spiro atoms. The molecule has 4 nitrogen and oxygen atoms in total. The maximum atomic E-state index is 12.7. The molecule has 0 saturated carbocycles. The summed E-state index contributed by atoms with van der Waals surface area (Å²) in [7, 11) is 0. The van der Waals surface area contributed by atoms with Gasteiger partial charge in [0.15, 0.2) is 6.10 Å². The SMILES string of the molecule is CC(C)OCCCNC(=O)[C@@H](C)Oc1ccc(F)cc1. The van der Waals surface area contributed by atoms with Gasteiger partial charge in [0, 0.05) is 13.2 Å². The molecule has 0 aliphatic heterocycles. The Morgan fingerprint density at radius 2 is 1.90 bits per heavy atom. The van der Waals surface area contributed by atoms with E-state index in [1.165, 1.54) is 24.3 Å². The van der Waals surface area contributed by atoms with Crippen LogP contribution in [-0.4, -0.2) is 31.3 Å². The molecule has 0 aromatic heterocycles. The molecule has 1 aromatic rings. The number of carbonyl (C=O) groups is 1. The first-order valence-electron chi connectivity index (χ1n) is 6.80. The lowest BCUT2D eigenvalue weighted by Gasteiger charge is -2.15. The minimum atomic E-state index is -0.619. The molecule has 0 aliphatic rings. The summed E-state index contributed by atoms with van der Waals surface area (Å²) in [6, 6.07) is 5.58. The molecule has 0 bridgehead atoms. The molecule has 20 heavy (non-hydrogen) atoms. The van der Waals surface area contributed by atoms with Crippen LogP contribution < -0.4 is 10.1 Å². The Kier molecular flexibility index (Phi) is 7.01. The number of ether oxygens (including phenoxy) is 2. The minimum absolute atomic E-state index is 0.195. The van der Waals surface area contributed by atoms with Crippen molar-refractivity contribution in [1.82, 2.24) is 5.32 Å². The van der Waals surface area contributed by atoms with E-state index in [0.717, 1.165) is 6.42 Å². The average Bonchev–Trinajstić information content (AvgIpc) is 2.40. The van der Waals surface area contributed by atoms with E-state index in [1.54, 1.807) is 6.92 Å². The third kappa shape index (κ3) is 6.52. The highest BCUT2D eigenvalue weighted by Gasteiger charge is 2.13. The van der Waals surface area contributed by atoms with Crippen molar-refractivity contribution in [2.45, 2.75) is 39.4 Å². The first kappa shape index (κ1) is 16.4. The van der Waals surface area contributed by atoms with Crippen LogP contribution in [0.25, 0.3) is 0 Å². The fourth-order valence-electron chi connectivity index (χ4n) is 1.52. The molecule has 0 aliphatic carbocycles. The zero-order chi connectivity index (χ0) is 15.0. The molecule has 1 N–H and O–H groups in total. The summed E-state index contributed by atoms with van der Waals surface area (Å²) in [6.07, 6.45) is 0.339. The van der Waals surface area contributed by atoms with E-state index >= 15 is 0 Å². The molecule has 0 radical (unpaired) electrons. The first-order valence-corrected chi connectivity index (χ1v) is 6.80. The molecular weight excluding hydrogens is 261 g/mol. The van der Waals surface area contributed by atoms with Crippen LogP contribution in [0.4, 0.5) is 4.39 Å². The van der Waals surface area contributed by atoms with Gasteiger partial charge in [-0.15, -0.1) is 0 Å². The largest absolute Gasteiger partial charge is 0.481 e. The third-order valence-electron chi connectivity index (χ3n) is 2.57. The molecule has 1 atom stereocenters. The Balaban J connectivity index is 2.23. The van der Waals surface area contributed by atoms with Crippen molar-refractivity contribution in [2.75, 3.05) is 13.2 Å². The van der Waals surface area contributed by atoms with E-state index in [-0.39, 0.29) is 17.8 Å². The minimum Gasteiger partial charge on any atom is -0.481 e. The van der Waals surface area contributed by atoms with Crippen molar-refractivity contribution in [1.29, 1.82) is 0 Å². The van der Waals surface area contributed by atoms with Gasteiger partial charge >= 0.3 is 0 Å². The number of carbonyl (C=O) groups excluding carboxylic acids is 1. The van der Waals surface area contributed by atoms with Gasteiger partial charge in [0.2, 0.25) is 0 Å². The second-order valence-corrected chi connectivity index (χ2v) is 4.78. The first-order chi connectivity index (χ1) is 9.49. The van der Waals surface area contributed by atoms with Crippen molar-refractivity contribution in [3.63, 3.8) is 0 Å². The van der Waals surface area contributed by atoms with Crippen molar-refractivity contribution in [3.05, 3.63) is 30.1 Å². The van der Waals surface area contributed by atoms with Crippen molar-refractivity contribution >= 4 is 5.91 Å². The highest BCUT2D eigenvalue weighted by atomic mass is 19.1. The highest BCUT2D eigenvalue weighted by molar-refractivity contribution is 5.80. The maximum absolute atomic E-state index is 12.7. The zero-order valence-electron chi connectivity index (χ0n) is 12.2. The summed E-state index contributed by atoms with van der Waals surface area (Å²) >= 11 is 0. The highest BCUT2D eigenvalue weighted by Crippen LogP contribution is 2.12. The van der Waals surface area contributed by atoms with Gasteiger partial charge in [-0.1, -0.05) is 0 Å². The molecule has 0 fully saturated rings. The molecule has 1 amide bonds. The quantitative estimate of drug-likeness (QED) is 0.746. The standard InChI is InChI=1S/C15H22FNO3/c1-11(2)19-10-4-9-17-15(18)12(3)20-14-7-5-13(16)6-8-14/h5-8,11-12H,4,9-10H2,1-3H3,(H,17,18)/t12-/m1/s1. The normalized spacial score (nSPS) is 12.2. The van der Waals surface area contributed by atoms with E-state index in [0.29, 0.717) is 18.9 Å². The van der Waals surface area contributed by atoms with Gasteiger partial charge in [0.1, 0.15) is 11.6 Å². The number of hydrogen-bond acceptors (Lipinski definition) is 3. The van der Waals surface area contributed by atoms with Crippen molar-refractivity contribution in [2.24, 2.45) is 0 Å². The number of amides is 1. The van der Waals surface area contributed by atoms with Gasteiger partial charge in [0.25, 0.3) is 5.91 Å². The van der Waals surface area contributed by atoms with Gasteiger partial charge < -0.3 is 14.8 Å². The predicted molar refractivity (Wildman–Crippen MR) is 75.2 cm³/mol. The van der Waals surface area contributed by atoms with Crippen LogP contribution in [0.1, 0.15) is 27.2 Å². The molecule has 0 saturated heterocycles. The maximum Gasteiger partial charge on any atom is 0.260 e. The van der Waals surface area contributed by atoms with Crippen LogP contribution in [0.2, 0.25) is 0 Å². The lowest BCUT2D eigenvalue weighted by molar-refractivity contribution is -0.127. The van der Waals surface area contributed by atoms with Crippen LogP contribution in [0.3, 0.4) is 0 Å². The lowest BCUT2D eigenvalue weighted by atomic mass is 10.3. The van der Waals surface area contributed by atoms with Crippen LogP contribution in [0.15, 0.2) is 24.3 Å².